The molecule has 5 heteroatoms. The third kappa shape index (κ3) is 5.58. The van der Waals surface area contributed by atoms with Crippen molar-refractivity contribution >= 4 is 11.8 Å². The van der Waals surface area contributed by atoms with Crippen molar-refractivity contribution in [1.82, 2.24) is 9.80 Å². The lowest BCUT2D eigenvalue weighted by molar-refractivity contribution is -0.139. The summed E-state index contributed by atoms with van der Waals surface area (Å²) < 4.78 is 5.54. The standard InChI is InChI=1S/C24H38N2O3/c1-17-7-8-20(15-22-19(3)23(27)16-21(17)22)18(2)24(28)29-14-6-5-9-26-12-10-25(4)11-13-26/h17,20-21H,2,5-16H2,1,3-4H3/t17-,20+,21-/m0/s1. The number of esters is 1. The van der Waals surface area contributed by atoms with Gasteiger partial charge < -0.3 is 14.5 Å². The molecular formula is C24H38N2O3. The lowest BCUT2D eigenvalue weighted by Crippen LogP contribution is -2.44. The second-order valence-corrected chi connectivity index (χ2v) is 9.35. The fourth-order valence-corrected chi connectivity index (χ4v) is 5.05. The minimum atomic E-state index is -0.247. The van der Waals surface area contributed by atoms with Gasteiger partial charge in [0.1, 0.15) is 0 Å². The number of hydrogen-bond donors (Lipinski definition) is 0. The normalized spacial score (nSPS) is 28.9. The first-order valence-corrected chi connectivity index (χ1v) is 11.4. The minimum Gasteiger partial charge on any atom is -0.462 e. The lowest BCUT2D eigenvalue weighted by Gasteiger charge is -2.32. The number of fused-ring (bicyclic) bond motifs is 1. The highest BCUT2D eigenvalue weighted by atomic mass is 16.5. The second kappa shape index (κ2) is 10.0. The molecule has 0 unspecified atom stereocenters. The van der Waals surface area contributed by atoms with Crippen LogP contribution in [0, 0.1) is 17.8 Å². The zero-order valence-corrected chi connectivity index (χ0v) is 18.5. The summed E-state index contributed by atoms with van der Waals surface area (Å²) in [6.45, 7) is 14.4. The molecule has 1 heterocycles. The van der Waals surface area contributed by atoms with Gasteiger partial charge in [-0.25, -0.2) is 4.79 Å². The molecule has 5 nitrogen and oxygen atoms in total. The summed E-state index contributed by atoms with van der Waals surface area (Å²) in [6.07, 6.45) is 5.40. The van der Waals surface area contributed by atoms with E-state index in [1.54, 1.807) is 0 Å². The van der Waals surface area contributed by atoms with Gasteiger partial charge in [0, 0.05) is 38.2 Å². The van der Waals surface area contributed by atoms with Gasteiger partial charge in [-0.15, -0.1) is 0 Å². The molecule has 29 heavy (non-hydrogen) atoms. The maximum atomic E-state index is 12.6. The summed E-state index contributed by atoms with van der Waals surface area (Å²) in [7, 11) is 2.17. The summed E-state index contributed by atoms with van der Waals surface area (Å²) >= 11 is 0. The average Bonchev–Trinajstić information content (AvgIpc) is 2.88. The fourth-order valence-electron chi connectivity index (χ4n) is 5.05. The number of ether oxygens (including phenoxy) is 1. The SMILES string of the molecule is C=C(C(=O)OCCCCN1CCN(C)CC1)[C@@H]1CC[C@H](C)[C@@H]2CC(=O)C(C)=C2C1. The smallest absolute Gasteiger partial charge is 0.333 e. The molecule has 1 saturated heterocycles. The van der Waals surface area contributed by atoms with Crippen molar-refractivity contribution in [2.24, 2.45) is 17.8 Å². The van der Waals surface area contributed by atoms with Crippen molar-refractivity contribution in [2.45, 2.75) is 52.4 Å². The van der Waals surface area contributed by atoms with E-state index in [4.69, 9.17) is 4.74 Å². The number of allylic oxidation sites excluding steroid dienone is 2. The van der Waals surface area contributed by atoms with E-state index in [2.05, 4.69) is 30.4 Å². The molecule has 3 atom stereocenters. The number of unbranched alkanes of at least 4 members (excludes halogenated alkanes) is 1. The first kappa shape index (κ1) is 22.2. The zero-order valence-electron chi connectivity index (χ0n) is 18.5. The van der Waals surface area contributed by atoms with Crippen LogP contribution >= 0.6 is 0 Å². The van der Waals surface area contributed by atoms with E-state index in [1.165, 1.54) is 5.57 Å². The largest absolute Gasteiger partial charge is 0.462 e. The molecule has 0 aromatic heterocycles. The van der Waals surface area contributed by atoms with Crippen LogP contribution in [0.1, 0.15) is 52.4 Å². The van der Waals surface area contributed by atoms with Gasteiger partial charge in [0.2, 0.25) is 0 Å². The van der Waals surface area contributed by atoms with E-state index in [0.29, 0.717) is 30.4 Å². The Bertz CT molecular complexity index is 661. The van der Waals surface area contributed by atoms with E-state index < -0.39 is 0 Å². The van der Waals surface area contributed by atoms with Gasteiger partial charge in [-0.2, -0.15) is 0 Å². The van der Waals surface area contributed by atoms with Crippen LogP contribution in [0.25, 0.3) is 0 Å². The maximum Gasteiger partial charge on any atom is 0.333 e. The molecule has 2 fully saturated rings. The van der Waals surface area contributed by atoms with E-state index >= 15 is 0 Å². The molecule has 2 aliphatic carbocycles. The average molecular weight is 403 g/mol. The minimum absolute atomic E-state index is 0.108. The first-order chi connectivity index (χ1) is 13.9. The number of piperazine rings is 1. The van der Waals surface area contributed by atoms with E-state index in [-0.39, 0.29) is 17.7 Å². The van der Waals surface area contributed by atoms with Crippen molar-refractivity contribution < 1.29 is 14.3 Å². The van der Waals surface area contributed by atoms with Crippen molar-refractivity contribution in [2.75, 3.05) is 46.4 Å². The Hall–Kier alpha value is -1.46. The van der Waals surface area contributed by atoms with Crippen molar-refractivity contribution in [1.29, 1.82) is 0 Å². The first-order valence-electron chi connectivity index (χ1n) is 11.4. The summed E-state index contributed by atoms with van der Waals surface area (Å²) in [5.74, 6) is 1.01. The number of hydrogen-bond acceptors (Lipinski definition) is 5. The maximum absolute atomic E-state index is 12.6. The molecule has 3 rings (SSSR count). The molecule has 0 aromatic carbocycles. The predicted molar refractivity (Wildman–Crippen MR) is 116 cm³/mol. The monoisotopic (exact) mass is 402 g/mol. The van der Waals surface area contributed by atoms with Crippen molar-refractivity contribution in [3.8, 4) is 0 Å². The molecule has 0 bridgehead atoms. The highest BCUT2D eigenvalue weighted by Crippen LogP contribution is 2.45. The van der Waals surface area contributed by atoms with Crippen LogP contribution in [0.3, 0.4) is 0 Å². The van der Waals surface area contributed by atoms with Crippen LogP contribution in [0.15, 0.2) is 23.3 Å². The summed E-state index contributed by atoms with van der Waals surface area (Å²) in [5, 5.41) is 0. The van der Waals surface area contributed by atoms with Crippen LogP contribution < -0.4 is 0 Å². The molecule has 0 spiro atoms. The Morgan fingerprint density at radius 1 is 1.14 bits per heavy atom. The molecule has 3 aliphatic rings. The van der Waals surface area contributed by atoms with Gasteiger partial charge in [-0.3, -0.25) is 4.79 Å². The molecule has 0 N–H and O–H groups in total. The van der Waals surface area contributed by atoms with Gasteiger partial charge in [0.25, 0.3) is 0 Å². The molecule has 162 valence electrons. The molecule has 0 amide bonds. The summed E-state index contributed by atoms with van der Waals surface area (Å²) in [6, 6.07) is 0. The lowest BCUT2D eigenvalue weighted by atomic mass is 9.86. The van der Waals surface area contributed by atoms with E-state index in [0.717, 1.165) is 70.4 Å². The molecular weight excluding hydrogens is 364 g/mol. The van der Waals surface area contributed by atoms with Gasteiger partial charge in [-0.05, 0) is 75.9 Å². The van der Waals surface area contributed by atoms with Crippen molar-refractivity contribution in [3.63, 3.8) is 0 Å². The highest BCUT2D eigenvalue weighted by Gasteiger charge is 2.38. The summed E-state index contributed by atoms with van der Waals surface area (Å²) in [4.78, 5) is 29.6. The highest BCUT2D eigenvalue weighted by molar-refractivity contribution is 5.98. The fraction of sp³-hybridized carbons (Fsp3) is 0.750. The molecule has 0 aromatic rings. The Kier molecular flexibility index (Phi) is 7.69. The van der Waals surface area contributed by atoms with Crippen LogP contribution in [-0.2, 0) is 14.3 Å². The third-order valence-corrected chi connectivity index (χ3v) is 7.33. The number of nitrogens with zero attached hydrogens (tertiary/aromatic N) is 2. The van der Waals surface area contributed by atoms with E-state index in [9.17, 15) is 9.59 Å². The predicted octanol–water partition coefficient (Wildman–Crippen LogP) is 3.46. The second-order valence-electron chi connectivity index (χ2n) is 9.35. The molecule has 0 radical (unpaired) electrons. The quantitative estimate of drug-likeness (QED) is 0.371. The Balaban J connectivity index is 1.41. The number of carbonyl (C=O) groups excluding carboxylic acids is 2. The number of carbonyl (C=O) groups is 2. The van der Waals surface area contributed by atoms with Crippen LogP contribution in [-0.4, -0.2) is 67.9 Å². The van der Waals surface area contributed by atoms with E-state index in [1.807, 2.05) is 6.92 Å². The van der Waals surface area contributed by atoms with Gasteiger partial charge in [-0.1, -0.05) is 19.1 Å². The zero-order chi connectivity index (χ0) is 21.0. The number of Topliss-reactive ketones (excluding diaryl/α,β-unsaturated/α-hetero) is 1. The van der Waals surface area contributed by atoms with Crippen LogP contribution in [0.2, 0.25) is 0 Å². The van der Waals surface area contributed by atoms with Crippen molar-refractivity contribution in [3.05, 3.63) is 23.3 Å². The topological polar surface area (TPSA) is 49.9 Å². The number of rotatable bonds is 7. The van der Waals surface area contributed by atoms with Crippen LogP contribution in [0.5, 0.6) is 0 Å². The third-order valence-electron chi connectivity index (χ3n) is 7.33. The molecule has 1 aliphatic heterocycles. The Morgan fingerprint density at radius 3 is 2.59 bits per heavy atom. The number of ketones is 1. The molecule has 1 saturated carbocycles. The van der Waals surface area contributed by atoms with Gasteiger partial charge >= 0.3 is 5.97 Å². The Morgan fingerprint density at radius 2 is 1.86 bits per heavy atom. The van der Waals surface area contributed by atoms with Gasteiger partial charge in [0.15, 0.2) is 5.78 Å². The number of likely N-dealkylation sites (N-methyl/N-ethyl adjacent to an activating group) is 1. The van der Waals surface area contributed by atoms with Gasteiger partial charge in [0.05, 0.1) is 6.61 Å². The Labute approximate surface area is 176 Å². The van der Waals surface area contributed by atoms with Crippen LogP contribution in [0.4, 0.5) is 0 Å². The summed E-state index contributed by atoms with van der Waals surface area (Å²) in [5.41, 5.74) is 2.79.